The number of hydrogen-bond acceptors (Lipinski definition) is 4. The highest BCUT2D eigenvalue weighted by molar-refractivity contribution is 5.96. The predicted molar refractivity (Wildman–Crippen MR) is 141 cm³/mol. The fraction of sp³-hybridized carbons (Fsp3) is 0.812. The van der Waals surface area contributed by atoms with Crippen LogP contribution in [-0.4, -0.2) is 22.6 Å². The molecule has 202 valence electrons. The number of carboxylic acid groups (broad SMARTS) is 1. The predicted octanol–water partition coefficient (Wildman–Crippen LogP) is 6.76. The fourth-order valence-electron chi connectivity index (χ4n) is 10.8. The highest BCUT2D eigenvalue weighted by Crippen LogP contribution is 2.75. The molecule has 5 unspecified atom stereocenters. The van der Waals surface area contributed by atoms with Crippen LogP contribution in [0.2, 0.25) is 0 Å². The van der Waals surface area contributed by atoms with E-state index in [1.807, 2.05) is 19.9 Å². The van der Waals surface area contributed by atoms with Gasteiger partial charge in [-0.05, 0) is 96.4 Å². The zero-order chi connectivity index (χ0) is 27.4. The molecule has 1 N–H and O–H groups in total. The van der Waals surface area contributed by atoms with Crippen LogP contribution in [0.3, 0.4) is 0 Å². The van der Waals surface area contributed by atoms with Crippen LogP contribution in [-0.2, 0) is 14.4 Å². The van der Waals surface area contributed by atoms with E-state index in [2.05, 4.69) is 40.7 Å². The van der Waals surface area contributed by atoms with E-state index in [1.165, 1.54) is 5.57 Å². The number of ketones is 2. The van der Waals surface area contributed by atoms with Crippen LogP contribution in [0, 0.1) is 67.5 Å². The van der Waals surface area contributed by atoms with Crippen molar-refractivity contribution in [3.63, 3.8) is 0 Å². The maximum atomic E-state index is 14.4. The molecule has 0 spiro atoms. The minimum absolute atomic E-state index is 0.0495. The number of allylic oxidation sites excluding steroid dienone is 2. The van der Waals surface area contributed by atoms with Crippen LogP contribution in [0.15, 0.2) is 11.6 Å². The summed E-state index contributed by atoms with van der Waals surface area (Å²) in [6.07, 6.45) is 8.91. The number of hydrogen-bond donors (Lipinski definition) is 1. The summed E-state index contributed by atoms with van der Waals surface area (Å²) in [6, 6.07) is 2.30. The minimum atomic E-state index is -0.747. The van der Waals surface area contributed by atoms with Crippen molar-refractivity contribution in [3.8, 4) is 6.07 Å². The number of carbonyl (C=O) groups excluding carboxylic acids is 2. The Morgan fingerprint density at radius 2 is 1.65 bits per heavy atom. The molecule has 37 heavy (non-hydrogen) atoms. The van der Waals surface area contributed by atoms with Crippen LogP contribution < -0.4 is 0 Å². The van der Waals surface area contributed by atoms with Gasteiger partial charge in [-0.2, -0.15) is 5.26 Å². The maximum absolute atomic E-state index is 14.4. The summed E-state index contributed by atoms with van der Waals surface area (Å²) < 4.78 is 0. The first-order valence-corrected chi connectivity index (χ1v) is 14.4. The van der Waals surface area contributed by atoms with Crippen LogP contribution >= 0.6 is 0 Å². The first-order valence-electron chi connectivity index (χ1n) is 14.4. The van der Waals surface area contributed by atoms with Gasteiger partial charge in [-0.15, -0.1) is 0 Å². The van der Waals surface area contributed by atoms with Crippen molar-refractivity contribution in [2.75, 3.05) is 0 Å². The SMILES string of the molecule is CC1(C)CCC2(CC(=O)O)CC[C@]3(C)C(C(=O)C=C4[C@@]5(C)CC(C#N)C(=O)C(C)(C)C5CC[C@]43C)C2C1. The number of rotatable bonds is 2. The van der Waals surface area contributed by atoms with Crippen molar-refractivity contribution in [3.05, 3.63) is 11.6 Å². The molecule has 0 amide bonds. The summed E-state index contributed by atoms with van der Waals surface area (Å²) >= 11 is 0. The number of nitrogens with zero attached hydrogens (tertiary/aromatic N) is 1. The molecule has 8 atom stereocenters. The van der Waals surface area contributed by atoms with Crippen molar-refractivity contribution < 1.29 is 19.5 Å². The molecule has 5 aliphatic rings. The Labute approximate surface area is 222 Å². The molecule has 0 heterocycles. The van der Waals surface area contributed by atoms with Crippen molar-refractivity contribution >= 4 is 17.5 Å². The molecule has 5 rings (SSSR count). The molecule has 0 aromatic heterocycles. The molecule has 0 aliphatic heterocycles. The number of Topliss-reactive ketones (excluding diaryl/α,β-unsaturated/α-hetero) is 1. The van der Waals surface area contributed by atoms with Gasteiger partial charge in [0.25, 0.3) is 0 Å². The average molecular weight is 508 g/mol. The van der Waals surface area contributed by atoms with E-state index in [9.17, 15) is 24.8 Å². The monoisotopic (exact) mass is 507 g/mol. The summed E-state index contributed by atoms with van der Waals surface area (Å²) in [4.78, 5) is 39.7. The van der Waals surface area contributed by atoms with Crippen molar-refractivity contribution in [1.29, 1.82) is 5.26 Å². The van der Waals surface area contributed by atoms with Gasteiger partial charge in [0.1, 0.15) is 5.92 Å². The molecule has 0 radical (unpaired) electrons. The number of fused-ring (bicyclic) bond motifs is 7. The molecule has 0 aromatic rings. The first kappa shape index (κ1) is 26.6. The normalized spacial score (nSPS) is 47.9. The van der Waals surface area contributed by atoms with Crippen molar-refractivity contribution in [2.24, 2.45) is 56.2 Å². The largest absolute Gasteiger partial charge is 0.481 e. The molecular formula is C32H45NO4. The molecular weight excluding hydrogens is 462 g/mol. The molecule has 5 nitrogen and oxygen atoms in total. The minimum Gasteiger partial charge on any atom is -0.481 e. The zero-order valence-electron chi connectivity index (χ0n) is 23.9. The van der Waals surface area contributed by atoms with Gasteiger partial charge in [0.2, 0.25) is 0 Å². The molecule has 0 bridgehead atoms. The second-order valence-electron chi connectivity index (χ2n) is 15.6. The number of aliphatic carboxylic acids is 1. The van der Waals surface area contributed by atoms with Gasteiger partial charge < -0.3 is 5.11 Å². The molecule has 5 heteroatoms. The lowest BCUT2D eigenvalue weighted by atomic mass is 9.33. The number of carbonyl (C=O) groups is 3. The Morgan fingerprint density at radius 1 is 1.00 bits per heavy atom. The summed E-state index contributed by atoms with van der Waals surface area (Å²) in [5, 5.41) is 19.8. The summed E-state index contributed by atoms with van der Waals surface area (Å²) in [6.45, 7) is 15.4. The summed E-state index contributed by atoms with van der Waals surface area (Å²) in [7, 11) is 0. The molecule has 0 saturated heterocycles. The van der Waals surface area contributed by atoms with Gasteiger partial charge in [-0.3, -0.25) is 14.4 Å². The quantitative estimate of drug-likeness (QED) is 0.445. The van der Waals surface area contributed by atoms with Crippen molar-refractivity contribution in [1.82, 2.24) is 0 Å². The average Bonchev–Trinajstić information content (AvgIpc) is 2.78. The fourth-order valence-corrected chi connectivity index (χ4v) is 10.8. The third-order valence-electron chi connectivity index (χ3n) is 13.0. The topological polar surface area (TPSA) is 95.2 Å². The van der Waals surface area contributed by atoms with Crippen LogP contribution in [0.5, 0.6) is 0 Å². The highest BCUT2D eigenvalue weighted by atomic mass is 16.4. The smallest absolute Gasteiger partial charge is 0.303 e. The molecule has 0 aromatic carbocycles. The van der Waals surface area contributed by atoms with Gasteiger partial charge in [-0.1, -0.05) is 54.0 Å². The number of nitriles is 1. The van der Waals surface area contributed by atoms with E-state index in [0.29, 0.717) is 6.42 Å². The maximum Gasteiger partial charge on any atom is 0.303 e. The lowest BCUT2D eigenvalue weighted by Gasteiger charge is -2.70. The highest BCUT2D eigenvalue weighted by Gasteiger charge is 2.70. The Hall–Kier alpha value is -1.96. The lowest BCUT2D eigenvalue weighted by Crippen LogP contribution is -2.65. The van der Waals surface area contributed by atoms with Crippen LogP contribution in [0.25, 0.3) is 0 Å². The number of carboxylic acids is 1. The second kappa shape index (κ2) is 7.80. The van der Waals surface area contributed by atoms with E-state index in [4.69, 9.17) is 0 Å². The molecule has 5 aliphatic carbocycles. The van der Waals surface area contributed by atoms with E-state index in [0.717, 1.165) is 44.9 Å². The summed E-state index contributed by atoms with van der Waals surface area (Å²) in [5.74, 6) is -1.19. The van der Waals surface area contributed by atoms with Crippen molar-refractivity contribution in [2.45, 2.75) is 106 Å². The third-order valence-corrected chi connectivity index (χ3v) is 13.0. The van der Waals surface area contributed by atoms with Gasteiger partial charge in [0.05, 0.1) is 12.5 Å². The lowest BCUT2D eigenvalue weighted by molar-refractivity contribution is -0.182. The molecule has 4 fully saturated rings. The standard InChI is InChI=1S/C32H45NO4/c1-27(2)10-12-32(17-24(35)36)13-11-31(7)25(20(32)16-27)21(34)14-23-29(5)15-19(18-33)26(37)28(3,4)22(29)8-9-30(23,31)6/h14,19-20,22,25H,8-13,15-17H2,1-7H3,(H,35,36)/t19?,20?,22?,25?,29-,30+,31+,32?/m0/s1. The Kier molecular flexibility index (Phi) is 5.61. The third kappa shape index (κ3) is 3.36. The van der Waals surface area contributed by atoms with E-state index >= 15 is 0 Å². The van der Waals surface area contributed by atoms with Gasteiger partial charge in [0, 0.05) is 11.3 Å². The van der Waals surface area contributed by atoms with Gasteiger partial charge in [-0.25, -0.2) is 0 Å². The first-order chi connectivity index (χ1) is 17.0. The van der Waals surface area contributed by atoms with E-state index in [-0.39, 0.29) is 62.8 Å². The Balaban J connectivity index is 1.66. The summed E-state index contributed by atoms with van der Waals surface area (Å²) in [5.41, 5.74) is -0.521. The Morgan fingerprint density at radius 3 is 2.27 bits per heavy atom. The zero-order valence-corrected chi connectivity index (χ0v) is 23.9. The van der Waals surface area contributed by atoms with E-state index in [1.54, 1.807) is 0 Å². The van der Waals surface area contributed by atoms with Crippen LogP contribution in [0.4, 0.5) is 0 Å². The van der Waals surface area contributed by atoms with Crippen LogP contribution in [0.1, 0.15) is 106 Å². The second-order valence-corrected chi connectivity index (χ2v) is 15.6. The molecule has 4 saturated carbocycles. The van der Waals surface area contributed by atoms with Gasteiger partial charge in [0.15, 0.2) is 11.6 Å². The van der Waals surface area contributed by atoms with Gasteiger partial charge >= 0.3 is 5.97 Å². The van der Waals surface area contributed by atoms with E-state index < -0.39 is 17.3 Å². The Bertz CT molecular complexity index is 1140.